The average molecular weight is 271 g/mol. The van der Waals surface area contributed by atoms with Crippen LogP contribution in [0.15, 0.2) is 18.2 Å². The van der Waals surface area contributed by atoms with E-state index in [9.17, 15) is 4.79 Å². The minimum absolute atomic E-state index is 0.232. The largest absolute Gasteiger partial charge is 0.495 e. The molecule has 1 amide bonds. The molecule has 0 saturated carbocycles. The first kappa shape index (κ1) is 14.8. The van der Waals surface area contributed by atoms with E-state index >= 15 is 0 Å². The van der Waals surface area contributed by atoms with Crippen molar-refractivity contribution >= 4 is 23.2 Å². The Balaban J connectivity index is 2.77. The fraction of sp³-hybridized carbons (Fsp3) is 0.462. The van der Waals surface area contributed by atoms with Gasteiger partial charge in [0.1, 0.15) is 5.75 Å². The highest BCUT2D eigenvalue weighted by atomic mass is 35.5. The van der Waals surface area contributed by atoms with Crippen molar-refractivity contribution < 1.29 is 9.53 Å². The van der Waals surface area contributed by atoms with Crippen molar-refractivity contribution in [1.29, 1.82) is 0 Å². The normalized spacial score (nSPS) is 12.3. The van der Waals surface area contributed by atoms with Crippen LogP contribution < -0.4 is 15.8 Å². The molecule has 1 aromatic rings. The number of benzene rings is 1. The van der Waals surface area contributed by atoms with Crippen LogP contribution in [0.3, 0.4) is 0 Å². The monoisotopic (exact) mass is 270 g/mol. The van der Waals surface area contributed by atoms with Crippen LogP contribution in [0, 0.1) is 5.92 Å². The fourth-order valence-electron chi connectivity index (χ4n) is 1.62. The number of nitrogens with two attached hydrogens (primary N) is 1. The van der Waals surface area contributed by atoms with Crippen molar-refractivity contribution in [3.8, 4) is 5.75 Å². The van der Waals surface area contributed by atoms with Crippen molar-refractivity contribution in [2.45, 2.75) is 26.3 Å². The van der Waals surface area contributed by atoms with E-state index in [0.29, 0.717) is 28.8 Å². The third-order valence-electron chi connectivity index (χ3n) is 2.48. The summed E-state index contributed by atoms with van der Waals surface area (Å²) < 4.78 is 5.15. The first-order chi connectivity index (χ1) is 8.43. The second kappa shape index (κ2) is 6.61. The topological polar surface area (TPSA) is 64.3 Å². The highest BCUT2D eigenvalue weighted by Gasteiger charge is 2.16. The molecule has 0 heterocycles. The lowest BCUT2D eigenvalue weighted by atomic mass is 10.0. The second-order valence-corrected chi connectivity index (χ2v) is 5.01. The van der Waals surface area contributed by atoms with Gasteiger partial charge in [0.25, 0.3) is 0 Å². The highest BCUT2D eigenvalue weighted by Crippen LogP contribution is 2.27. The minimum atomic E-state index is -0.534. The summed E-state index contributed by atoms with van der Waals surface area (Å²) in [6.07, 6.45) is 0.634. The Bertz CT molecular complexity index is 421. The van der Waals surface area contributed by atoms with Gasteiger partial charge in [0.2, 0.25) is 5.91 Å². The lowest BCUT2D eigenvalue weighted by molar-refractivity contribution is -0.117. The van der Waals surface area contributed by atoms with E-state index in [1.165, 1.54) is 7.11 Å². The maximum absolute atomic E-state index is 11.9. The van der Waals surface area contributed by atoms with Crippen LogP contribution in [0.4, 0.5) is 5.69 Å². The molecule has 0 bridgehead atoms. The number of nitrogens with one attached hydrogen (secondary N) is 1. The molecule has 18 heavy (non-hydrogen) atoms. The lowest BCUT2D eigenvalue weighted by Crippen LogP contribution is -2.36. The maximum atomic E-state index is 11.9. The highest BCUT2D eigenvalue weighted by molar-refractivity contribution is 6.31. The zero-order chi connectivity index (χ0) is 13.7. The molecule has 100 valence electrons. The number of ether oxygens (including phenoxy) is 1. The summed E-state index contributed by atoms with van der Waals surface area (Å²) in [6, 6.07) is 4.50. The van der Waals surface area contributed by atoms with E-state index in [-0.39, 0.29) is 5.91 Å². The van der Waals surface area contributed by atoms with E-state index in [0.717, 1.165) is 0 Å². The summed E-state index contributed by atoms with van der Waals surface area (Å²) in [6.45, 7) is 4.04. The second-order valence-electron chi connectivity index (χ2n) is 4.57. The van der Waals surface area contributed by atoms with Crippen LogP contribution in [0.2, 0.25) is 5.02 Å². The molecule has 1 rings (SSSR count). The number of anilines is 1. The molecular formula is C13H19ClN2O2. The van der Waals surface area contributed by atoms with E-state index < -0.39 is 6.04 Å². The minimum Gasteiger partial charge on any atom is -0.495 e. The van der Waals surface area contributed by atoms with Crippen molar-refractivity contribution in [1.82, 2.24) is 0 Å². The van der Waals surface area contributed by atoms with Gasteiger partial charge in [0.15, 0.2) is 0 Å². The summed E-state index contributed by atoms with van der Waals surface area (Å²) in [5.41, 5.74) is 6.35. The number of hydrogen-bond donors (Lipinski definition) is 2. The number of carbonyl (C=O) groups excluding carboxylic acids is 1. The summed E-state index contributed by atoms with van der Waals surface area (Å²) in [4.78, 5) is 11.9. The third-order valence-corrected chi connectivity index (χ3v) is 2.72. The Morgan fingerprint density at radius 1 is 1.50 bits per heavy atom. The van der Waals surface area contributed by atoms with Crippen molar-refractivity contribution in [2.75, 3.05) is 12.4 Å². The Morgan fingerprint density at radius 2 is 2.17 bits per heavy atom. The summed E-state index contributed by atoms with van der Waals surface area (Å²) in [5, 5.41) is 3.27. The Hall–Kier alpha value is -1.26. The predicted octanol–water partition coefficient (Wildman–Crippen LogP) is 2.66. The molecular weight excluding hydrogens is 252 g/mol. The van der Waals surface area contributed by atoms with Crippen molar-refractivity contribution in [3.63, 3.8) is 0 Å². The number of amides is 1. The zero-order valence-electron chi connectivity index (χ0n) is 10.9. The Morgan fingerprint density at radius 3 is 2.72 bits per heavy atom. The molecule has 0 saturated heterocycles. The van der Waals surface area contributed by atoms with Gasteiger partial charge in [-0.05, 0) is 30.5 Å². The summed E-state index contributed by atoms with van der Waals surface area (Å²) in [7, 11) is 1.53. The molecule has 5 heteroatoms. The molecule has 0 fully saturated rings. The molecule has 3 N–H and O–H groups in total. The third kappa shape index (κ3) is 4.20. The number of methoxy groups -OCH3 is 1. The number of rotatable bonds is 5. The maximum Gasteiger partial charge on any atom is 0.241 e. The molecule has 1 aromatic carbocycles. The SMILES string of the molecule is COc1ccc(Cl)cc1NC(=O)[C@@H](N)CC(C)C. The van der Waals surface area contributed by atoms with E-state index in [1.54, 1.807) is 18.2 Å². The van der Waals surface area contributed by atoms with Crippen LogP contribution in [0.5, 0.6) is 5.75 Å². The molecule has 0 unspecified atom stereocenters. The molecule has 0 spiro atoms. The van der Waals surface area contributed by atoms with Gasteiger partial charge >= 0.3 is 0 Å². The summed E-state index contributed by atoms with van der Waals surface area (Å²) in [5.74, 6) is 0.695. The van der Waals surface area contributed by atoms with Gasteiger partial charge in [-0.15, -0.1) is 0 Å². The lowest BCUT2D eigenvalue weighted by Gasteiger charge is -2.16. The van der Waals surface area contributed by atoms with Crippen LogP contribution >= 0.6 is 11.6 Å². The average Bonchev–Trinajstić information content (AvgIpc) is 2.28. The molecule has 0 aliphatic heterocycles. The first-order valence-corrected chi connectivity index (χ1v) is 6.21. The van der Waals surface area contributed by atoms with Gasteiger partial charge in [0.05, 0.1) is 18.8 Å². The van der Waals surface area contributed by atoms with Crippen LogP contribution in [0.1, 0.15) is 20.3 Å². The fourth-order valence-corrected chi connectivity index (χ4v) is 1.79. The Kier molecular flexibility index (Phi) is 5.44. The Labute approximate surface area is 112 Å². The predicted molar refractivity (Wildman–Crippen MR) is 74.1 cm³/mol. The van der Waals surface area contributed by atoms with Gasteiger partial charge in [-0.2, -0.15) is 0 Å². The van der Waals surface area contributed by atoms with Crippen LogP contribution in [-0.4, -0.2) is 19.1 Å². The quantitative estimate of drug-likeness (QED) is 0.865. The van der Waals surface area contributed by atoms with Gasteiger partial charge < -0.3 is 15.8 Å². The number of carbonyl (C=O) groups is 1. The zero-order valence-corrected chi connectivity index (χ0v) is 11.6. The van der Waals surface area contributed by atoms with E-state index in [2.05, 4.69) is 5.32 Å². The van der Waals surface area contributed by atoms with Crippen molar-refractivity contribution in [2.24, 2.45) is 11.7 Å². The molecule has 4 nitrogen and oxygen atoms in total. The van der Waals surface area contributed by atoms with Gasteiger partial charge in [0, 0.05) is 5.02 Å². The summed E-state index contributed by atoms with van der Waals surface area (Å²) >= 11 is 5.88. The molecule has 0 aliphatic rings. The number of hydrogen-bond acceptors (Lipinski definition) is 3. The van der Waals surface area contributed by atoms with Gasteiger partial charge in [-0.1, -0.05) is 25.4 Å². The molecule has 0 aliphatic carbocycles. The first-order valence-electron chi connectivity index (χ1n) is 5.84. The van der Waals surface area contributed by atoms with Crippen LogP contribution in [0.25, 0.3) is 0 Å². The molecule has 1 atom stereocenters. The van der Waals surface area contributed by atoms with Crippen molar-refractivity contribution in [3.05, 3.63) is 23.2 Å². The smallest absolute Gasteiger partial charge is 0.241 e. The standard InChI is InChI=1S/C13H19ClN2O2/c1-8(2)6-10(15)13(17)16-11-7-9(14)4-5-12(11)18-3/h4-5,7-8,10H,6,15H2,1-3H3,(H,16,17)/t10-/m0/s1. The van der Waals surface area contributed by atoms with Crippen LogP contribution in [-0.2, 0) is 4.79 Å². The van der Waals surface area contributed by atoms with Gasteiger partial charge in [-0.3, -0.25) is 4.79 Å². The van der Waals surface area contributed by atoms with Gasteiger partial charge in [-0.25, -0.2) is 0 Å². The van der Waals surface area contributed by atoms with E-state index in [1.807, 2.05) is 13.8 Å². The molecule has 0 aromatic heterocycles. The molecule has 0 radical (unpaired) electrons. The van der Waals surface area contributed by atoms with E-state index in [4.69, 9.17) is 22.1 Å². The number of halogens is 1.